The summed E-state index contributed by atoms with van der Waals surface area (Å²) in [6.45, 7) is 10.9. The van der Waals surface area contributed by atoms with E-state index in [1.807, 2.05) is 4.90 Å². The zero-order chi connectivity index (χ0) is 13.1. The predicted octanol–water partition coefficient (Wildman–Crippen LogP) is 1.96. The van der Waals surface area contributed by atoms with Crippen molar-refractivity contribution in [1.82, 2.24) is 4.90 Å². The van der Waals surface area contributed by atoms with Crippen molar-refractivity contribution in [3.05, 3.63) is 0 Å². The summed E-state index contributed by atoms with van der Waals surface area (Å²) in [7, 11) is 0. The number of thioether (sulfide) groups is 1. The van der Waals surface area contributed by atoms with Gasteiger partial charge in [0.1, 0.15) is 0 Å². The molecule has 1 heterocycles. The SMILES string of the molecule is CCSC(C(=O)N1CCC(C)(CN)C1)C(C)C. The van der Waals surface area contributed by atoms with Gasteiger partial charge < -0.3 is 10.6 Å². The number of rotatable bonds is 5. The van der Waals surface area contributed by atoms with Gasteiger partial charge in [0.05, 0.1) is 5.25 Å². The molecule has 0 aromatic rings. The predicted molar refractivity (Wildman–Crippen MR) is 75.1 cm³/mol. The highest BCUT2D eigenvalue weighted by atomic mass is 32.2. The highest BCUT2D eigenvalue weighted by Gasteiger charge is 2.37. The van der Waals surface area contributed by atoms with Crippen LogP contribution < -0.4 is 5.73 Å². The minimum Gasteiger partial charge on any atom is -0.341 e. The van der Waals surface area contributed by atoms with Crippen LogP contribution in [0.4, 0.5) is 0 Å². The Morgan fingerprint density at radius 1 is 1.53 bits per heavy atom. The third-order valence-electron chi connectivity index (χ3n) is 3.56. The number of nitrogens with zero attached hydrogens (tertiary/aromatic N) is 1. The van der Waals surface area contributed by atoms with Crippen molar-refractivity contribution in [2.24, 2.45) is 17.1 Å². The Labute approximate surface area is 109 Å². The second kappa shape index (κ2) is 6.10. The molecule has 3 nitrogen and oxygen atoms in total. The minimum atomic E-state index is 0.111. The molecule has 17 heavy (non-hydrogen) atoms. The molecule has 0 aromatic carbocycles. The van der Waals surface area contributed by atoms with E-state index in [2.05, 4.69) is 27.7 Å². The maximum atomic E-state index is 12.4. The monoisotopic (exact) mass is 258 g/mol. The van der Waals surface area contributed by atoms with Crippen molar-refractivity contribution < 1.29 is 4.79 Å². The summed E-state index contributed by atoms with van der Waals surface area (Å²) in [6, 6.07) is 0. The van der Waals surface area contributed by atoms with Gasteiger partial charge >= 0.3 is 0 Å². The molecule has 2 N–H and O–H groups in total. The molecule has 1 fully saturated rings. The van der Waals surface area contributed by atoms with Crippen molar-refractivity contribution in [3.63, 3.8) is 0 Å². The van der Waals surface area contributed by atoms with E-state index >= 15 is 0 Å². The molecule has 100 valence electrons. The van der Waals surface area contributed by atoms with Crippen LogP contribution in [0.5, 0.6) is 0 Å². The molecule has 0 saturated carbocycles. The Morgan fingerprint density at radius 3 is 2.59 bits per heavy atom. The van der Waals surface area contributed by atoms with Crippen LogP contribution in [0.2, 0.25) is 0 Å². The van der Waals surface area contributed by atoms with E-state index < -0.39 is 0 Å². The normalized spacial score (nSPS) is 26.6. The Bertz CT molecular complexity index is 270. The molecule has 0 bridgehead atoms. The summed E-state index contributed by atoms with van der Waals surface area (Å²) in [4.78, 5) is 14.5. The molecule has 0 spiro atoms. The van der Waals surface area contributed by atoms with Crippen LogP contribution in [-0.2, 0) is 4.79 Å². The first-order chi connectivity index (χ1) is 7.93. The Morgan fingerprint density at radius 2 is 2.18 bits per heavy atom. The summed E-state index contributed by atoms with van der Waals surface area (Å²) in [5.74, 6) is 1.71. The van der Waals surface area contributed by atoms with Crippen LogP contribution in [0, 0.1) is 11.3 Å². The third kappa shape index (κ3) is 3.62. The lowest BCUT2D eigenvalue weighted by atomic mass is 9.90. The van der Waals surface area contributed by atoms with E-state index in [9.17, 15) is 4.79 Å². The minimum absolute atomic E-state index is 0.111. The van der Waals surface area contributed by atoms with Crippen LogP contribution in [0.15, 0.2) is 0 Å². The van der Waals surface area contributed by atoms with Gasteiger partial charge in [-0.05, 0) is 30.1 Å². The maximum Gasteiger partial charge on any atom is 0.235 e. The fourth-order valence-electron chi connectivity index (χ4n) is 2.29. The van der Waals surface area contributed by atoms with E-state index in [0.717, 1.165) is 25.3 Å². The van der Waals surface area contributed by atoms with Crippen molar-refractivity contribution in [2.45, 2.75) is 39.4 Å². The molecular weight excluding hydrogens is 232 g/mol. The van der Waals surface area contributed by atoms with Gasteiger partial charge in [-0.3, -0.25) is 4.79 Å². The zero-order valence-corrected chi connectivity index (χ0v) is 12.3. The van der Waals surface area contributed by atoms with E-state index in [1.54, 1.807) is 11.8 Å². The fourth-order valence-corrected chi connectivity index (χ4v) is 3.32. The molecule has 2 atom stereocenters. The average Bonchev–Trinajstić information content (AvgIpc) is 2.68. The van der Waals surface area contributed by atoms with Gasteiger partial charge in [-0.25, -0.2) is 0 Å². The van der Waals surface area contributed by atoms with Crippen molar-refractivity contribution in [2.75, 3.05) is 25.4 Å². The van der Waals surface area contributed by atoms with Crippen molar-refractivity contribution in [1.29, 1.82) is 0 Å². The summed E-state index contributed by atoms with van der Waals surface area (Å²) in [5, 5.41) is 0.111. The molecule has 0 radical (unpaired) electrons. The summed E-state index contributed by atoms with van der Waals surface area (Å²) >= 11 is 1.76. The molecule has 4 heteroatoms. The molecule has 1 aliphatic rings. The van der Waals surface area contributed by atoms with Crippen LogP contribution in [-0.4, -0.2) is 41.4 Å². The number of amides is 1. The molecule has 1 saturated heterocycles. The first kappa shape index (κ1) is 14.8. The highest BCUT2D eigenvalue weighted by molar-refractivity contribution is 8.00. The maximum absolute atomic E-state index is 12.4. The molecule has 0 aromatic heterocycles. The van der Waals surface area contributed by atoms with Gasteiger partial charge in [0, 0.05) is 13.1 Å². The van der Waals surface area contributed by atoms with Gasteiger partial charge in [0.2, 0.25) is 5.91 Å². The topological polar surface area (TPSA) is 46.3 Å². The smallest absolute Gasteiger partial charge is 0.235 e. The van der Waals surface area contributed by atoms with E-state index in [0.29, 0.717) is 18.4 Å². The second-order valence-electron chi connectivity index (χ2n) is 5.64. The number of likely N-dealkylation sites (tertiary alicyclic amines) is 1. The van der Waals surface area contributed by atoms with Gasteiger partial charge in [0.25, 0.3) is 0 Å². The van der Waals surface area contributed by atoms with Gasteiger partial charge in [-0.1, -0.05) is 27.7 Å². The Balaban J connectivity index is 2.64. The van der Waals surface area contributed by atoms with E-state index in [4.69, 9.17) is 5.73 Å². The first-order valence-electron chi connectivity index (χ1n) is 6.54. The lowest BCUT2D eigenvalue weighted by molar-refractivity contribution is -0.130. The molecule has 1 amide bonds. The second-order valence-corrected chi connectivity index (χ2v) is 7.06. The standard InChI is InChI=1S/C13H26N2OS/c1-5-17-11(10(2)3)12(16)15-7-6-13(4,8-14)9-15/h10-11H,5-9,14H2,1-4H3. The number of hydrogen-bond acceptors (Lipinski definition) is 3. The number of nitrogens with two attached hydrogens (primary N) is 1. The summed E-state index contributed by atoms with van der Waals surface area (Å²) in [6.07, 6.45) is 1.04. The van der Waals surface area contributed by atoms with Crippen LogP contribution in [0.25, 0.3) is 0 Å². The van der Waals surface area contributed by atoms with Gasteiger partial charge in [-0.15, -0.1) is 11.8 Å². The lowest BCUT2D eigenvalue weighted by Crippen LogP contribution is -2.40. The zero-order valence-electron chi connectivity index (χ0n) is 11.5. The molecule has 1 rings (SSSR count). The van der Waals surface area contributed by atoms with Crippen molar-refractivity contribution >= 4 is 17.7 Å². The molecule has 0 aliphatic carbocycles. The summed E-state index contributed by atoms with van der Waals surface area (Å²) < 4.78 is 0. The number of hydrogen-bond donors (Lipinski definition) is 1. The summed E-state index contributed by atoms with van der Waals surface area (Å²) in [5.41, 5.74) is 5.91. The molecular formula is C13H26N2OS. The van der Waals surface area contributed by atoms with Gasteiger partial charge in [-0.2, -0.15) is 0 Å². The largest absolute Gasteiger partial charge is 0.341 e. The van der Waals surface area contributed by atoms with E-state index in [-0.39, 0.29) is 10.7 Å². The Kier molecular flexibility index (Phi) is 5.32. The number of carbonyl (C=O) groups excluding carboxylic acids is 1. The average molecular weight is 258 g/mol. The molecule has 1 aliphatic heterocycles. The van der Waals surface area contributed by atoms with Crippen LogP contribution >= 0.6 is 11.8 Å². The number of carbonyl (C=O) groups is 1. The third-order valence-corrected chi connectivity index (χ3v) is 5.00. The highest BCUT2D eigenvalue weighted by Crippen LogP contribution is 2.31. The van der Waals surface area contributed by atoms with E-state index in [1.165, 1.54) is 0 Å². The Hall–Kier alpha value is -0.220. The lowest BCUT2D eigenvalue weighted by Gasteiger charge is -2.27. The van der Waals surface area contributed by atoms with Crippen LogP contribution in [0.1, 0.15) is 34.1 Å². The fraction of sp³-hybridized carbons (Fsp3) is 0.923. The molecule has 2 unspecified atom stereocenters. The van der Waals surface area contributed by atoms with Crippen LogP contribution in [0.3, 0.4) is 0 Å². The van der Waals surface area contributed by atoms with Gasteiger partial charge in [0.15, 0.2) is 0 Å². The van der Waals surface area contributed by atoms with Crippen molar-refractivity contribution in [3.8, 4) is 0 Å². The first-order valence-corrected chi connectivity index (χ1v) is 7.59. The quantitative estimate of drug-likeness (QED) is 0.820.